The van der Waals surface area contributed by atoms with Gasteiger partial charge in [0.05, 0.1) is 11.0 Å². The molecule has 0 amide bonds. The van der Waals surface area contributed by atoms with Crippen molar-refractivity contribution >= 4 is 22.6 Å². The maximum Gasteiger partial charge on any atom is 0.110 e. The van der Waals surface area contributed by atoms with Gasteiger partial charge in [0, 0.05) is 18.0 Å². The molecule has 3 nitrogen and oxygen atoms in total. The Morgan fingerprint density at radius 2 is 1.74 bits per heavy atom. The fraction of sp³-hybridized carbons (Fsp3) is 0.316. The third kappa shape index (κ3) is 3.92. The zero-order chi connectivity index (χ0) is 16.1. The second-order valence-corrected chi connectivity index (χ2v) is 6.27. The van der Waals surface area contributed by atoms with Gasteiger partial charge in [-0.15, -0.1) is 0 Å². The Hall–Kier alpha value is -1.84. The smallest absolute Gasteiger partial charge is 0.110 e. The van der Waals surface area contributed by atoms with Gasteiger partial charge in [-0.05, 0) is 49.2 Å². The van der Waals surface area contributed by atoms with E-state index >= 15 is 0 Å². The van der Waals surface area contributed by atoms with E-state index < -0.39 is 0 Å². The van der Waals surface area contributed by atoms with Crippen molar-refractivity contribution < 1.29 is 0 Å². The van der Waals surface area contributed by atoms with E-state index in [1.807, 2.05) is 18.2 Å². The predicted molar refractivity (Wildman–Crippen MR) is 96.9 cm³/mol. The summed E-state index contributed by atoms with van der Waals surface area (Å²) >= 11 is 5.99. The van der Waals surface area contributed by atoms with Crippen molar-refractivity contribution in [3.8, 4) is 0 Å². The van der Waals surface area contributed by atoms with E-state index in [4.69, 9.17) is 22.3 Å². The molecule has 2 N–H and O–H groups in total. The van der Waals surface area contributed by atoms with Gasteiger partial charge in [-0.3, -0.25) is 0 Å². The topological polar surface area (TPSA) is 43.8 Å². The highest BCUT2D eigenvalue weighted by Gasteiger charge is 2.10. The Bertz CT molecular complexity index is 762. The summed E-state index contributed by atoms with van der Waals surface area (Å²) in [5, 5.41) is 0.770. The monoisotopic (exact) mass is 327 g/mol. The largest absolute Gasteiger partial charge is 0.330 e. The van der Waals surface area contributed by atoms with Crippen LogP contribution in [0.15, 0.2) is 48.5 Å². The molecule has 3 rings (SSSR count). The highest BCUT2D eigenvalue weighted by atomic mass is 35.5. The number of imidazole rings is 1. The summed E-state index contributed by atoms with van der Waals surface area (Å²) in [5.41, 5.74) is 9.07. The molecule has 2 aromatic carbocycles. The van der Waals surface area contributed by atoms with E-state index in [1.54, 1.807) is 0 Å². The summed E-state index contributed by atoms with van der Waals surface area (Å²) in [4.78, 5) is 4.83. The van der Waals surface area contributed by atoms with Gasteiger partial charge in [-0.2, -0.15) is 0 Å². The summed E-state index contributed by atoms with van der Waals surface area (Å²) < 4.78 is 2.32. The zero-order valence-corrected chi connectivity index (χ0v) is 14.0. The van der Waals surface area contributed by atoms with Crippen molar-refractivity contribution in [1.29, 1.82) is 0 Å². The van der Waals surface area contributed by atoms with Crippen LogP contribution >= 0.6 is 11.6 Å². The van der Waals surface area contributed by atoms with Gasteiger partial charge in [0.2, 0.25) is 0 Å². The Morgan fingerprint density at radius 3 is 2.52 bits per heavy atom. The number of hydrogen-bond acceptors (Lipinski definition) is 2. The first-order valence-electron chi connectivity index (χ1n) is 8.16. The lowest BCUT2D eigenvalue weighted by Gasteiger charge is -2.10. The molecule has 0 aliphatic carbocycles. The summed E-state index contributed by atoms with van der Waals surface area (Å²) in [5.74, 6) is 1.15. The van der Waals surface area contributed by atoms with E-state index in [2.05, 4.69) is 34.9 Å². The summed E-state index contributed by atoms with van der Waals surface area (Å²) in [6, 6.07) is 16.4. The molecule has 0 bridgehead atoms. The molecule has 0 spiro atoms. The van der Waals surface area contributed by atoms with Crippen molar-refractivity contribution in [2.24, 2.45) is 5.73 Å². The van der Waals surface area contributed by atoms with E-state index in [-0.39, 0.29) is 0 Å². The number of rotatable bonds is 7. The van der Waals surface area contributed by atoms with Gasteiger partial charge in [0.15, 0.2) is 0 Å². The lowest BCUT2D eigenvalue weighted by atomic mass is 10.2. The second-order valence-electron chi connectivity index (χ2n) is 5.83. The van der Waals surface area contributed by atoms with E-state index in [1.165, 1.54) is 11.1 Å². The number of nitrogens with two attached hydrogens (primary N) is 1. The van der Waals surface area contributed by atoms with E-state index in [0.717, 1.165) is 55.1 Å². The van der Waals surface area contributed by atoms with Gasteiger partial charge in [-0.25, -0.2) is 4.98 Å². The molecule has 1 heterocycles. The summed E-state index contributed by atoms with van der Waals surface area (Å²) in [6.07, 6.45) is 4.35. The number of hydrogen-bond donors (Lipinski definition) is 1. The maximum absolute atomic E-state index is 5.99. The first-order valence-corrected chi connectivity index (χ1v) is 8.54. The van der Waals surface area contributed by atoms with Crippen molar-refractivity contribution in [3.63, 3.8) is 0 Å². The zero-order valence-electron chi connectivity index (χ0n) is 13.2. The molecule has 0 saturated carbocycles. The third-order valence-electron chi connectivity index (χ3n) is 4.09. The number of halogens is 1. The molecule has 1 aromatic heterocycles. The molecule has 0 saturated heterocycles. The average molecular weight is 328 g/mol. The average Bonchev–Trinajstić information content (AvgIpc) is 2.92. The second kappa shape index (κ2) is 7.62. The fourth-order valence-electron chi connectivity index (χ4n) is 2.87. The number of para-hydroxylation sites is 2. The van der Waals surface area contributed by atoms with Crippen molar-refractivity contribution in [2.75, 3.05) is 6.54 Å². The van der Waals surface area contributed by atoms with Crippen LogP contribution in [0.1, 0.15) is 30.7 Å². The Labute approximate surface area is 142 Å². The fourth-order valence-corrected chi connectivity index (χ4v) is 3.00. The van der Waals surface area contributed by atoms with E-state index in [9.17, 15) is 0 Å². The highest BCUT2D eigenvalue weighted by Crippen LogP contribution is 2.20. The molecule has 0 radical (unpaired) electrons. The van der Waals surface area contributed by atoms with Crippen LogP contribution in [0, 0.1) is 0 Å². The van der Waals surface area contributed by atoms with Crippen LogP contribution in [0.4, 0.5) is 0 Å². The number of fused-ring (bicyclic) bond motifs is 1. The van der Waals surface area contributed by atoms with Crippen LogP contribution in [-0.2, 0) is 13.0 Å². The summed E-state index contributed by atoms with van der Waals surface area (Å²) in [6.45, 7) is 1.59. The van der Waals surface area contributed by atoms with Gasteiger partial charge in [-0.1, -0.05) is 42.3 Å². The van der Waals surface area contributed by atoms with Gasteiger partial charge >= 0.3 is 0 Å². The van der Waals surface area contributed by atoms with Crippen LogP contribution in [0.2, 0.25) is 5.02 Å². The molecule has 0 aliphatic rings. The standard InChI is InChI=1S/C19H22ClN3/c20-16-11-9-15(10-12-16)14-23-18-7-4-3-6-17(18)22-19(23)8-2-1-5-13-21/h3-4,6-7,9-12H,1-2,5,8,13-14,21H2. The molecule has 120 valence electrons. The minimum absolute atomic E-state index is 0.765. The molecular weight excluding hydrogens is 306 g/mol. The highest BCUT2D eigenvalue weighted by molar-refractivity contribution is 6.30. The van der Waals surface area contributed by atoms with Crippen molar-refractivity contribution in [1.82, 2.24) is 9.55 Å². The number of aromatic nitrogens is 2. The number of unbranched alkanes of at least 4 members (excludes halogenated alkanes) is 2. The quantitative estimate of drug-likeness (QED) is 0.653. The minimum atomic E-state index is 0.765. The van der Waals surface area contributed by atoms with Crippen LogP contribution in [0.5, 0.6) is 0 Å². The first kappa shape index (κ1) is 16.0. The summed E-state index contributed by atoms with van der Waals surface area (Å²) in [7, 11) is 0. The SMILES string of the molecule is NCCCCCc1nc2ccccc2n1Cc1ccc(Cl)cc1. The minimum Gasteiger partial charge on any atom is -0.330 e. The Balaban J connectivity index is 1.87. The van der Waals surface area contributed by atoms with E-state index in [0.29, 0.717) is 0 Å². The van der Waals surface area contributed by atoms with Gasteiger partial charge < -0.3 is 10.3 Å². The van der Waals surface area contributed by atoms with Crippen molar-refractivity contribution in [3.05, 3.63) is 64.9 Å². The molecule has 0 aliphatic heterocycles. The lowest BCUT2D eigenvalue weighted by Crippen LogP contribution is -2.06. The molecular formula is C19H22ClN3. The molecule has 3 aromatic rings. The van der Waals surface area contributed by atoms with Gasteiger partial charge in [0.25, 0.3) is 0 Å². The molecule has 23 heavy (non-hydrogen) atoms. The molecule has 0 fully saturated rings. The normalized spacial score (nSPS) is 11.2. The maximum atomic E-state index is 5.99. The lowest BCUT2D eigenvalue weighted by molar-refractivity contribution is 0.644. The number of aryl methyl sites for hydroxylation is 1. The number of nitrogens with zero attached hydrogens (tertiary/aromatic N) is 2. The Kier molecular flexibility index (Phi) is 5.31. The van der Waals surface area contributed by atoms with Crippen LogP contribution in [-0.4, -0.2) is 16.1 Å². The van der Waals surface area contributed by atoms with Gasteiger partial charge in [0.1, 0.15) is 5.82 Å². The van der Waals surface area contributed by atoms with Crippen LogP contribution < -0.4 is 5.73 Å². The first-order chi connectivity index (χ1) is 11.3. The third-order valence-corrected chi connectivity index (χ3v) is 4.34. The Morgan fingerprint density at radius 1 is 0.957 bits per heavy atom. The molecule has 0 unspecified atom stereocenters. The van der Waals surface area contributed by atoms with Crippen LogP contribution in [0.25, 0.3) is 11.0 Å². The molecule has 4 heteroatoms. The number of benzene rings is 2. The predicted octanol–water partition coefficient (Wildman–Crippen LogP) is 4.41. The van der Waals surface area contributed by atoms with Crippen LogP contribution in [0.3, 0.4) is 0 Å². The molecule has 0 atom stereocenters. The van der Waals surface area contributed by atoms with Crippen molar-refractivity contribution in [2.45, 2.75) is 32.2 Å².